The summed E-state index contributed by atoms with van der Waals surface area (Å²) in [5, 5.41) is 9.76. The predicted octanol–water partition coefficient (Wildman–Crippen LogP) is 1.54. The van der Waals surface area contributed by atoms with Crippen LogP contribution in [0.25, 0.3) is 0 Å². The van der Waals surface area contributed by atoms with E-state index in [1.54, 1.807) is 6.33 Å². The van der Waals surface area contributed by atoms with Crippen molar-refractivity contribution in [2.24, 2.45) is 5.92 Å². The van der Waals surface area contributed by atoms with Crippen LogP contribution in [0.15, 0.2) is 11.7 Å². The number of hydrogen-bond donors (Lipinski definition) is 2. The Morgan fingerprint density at radius 1 is 1.59 bits per heavy atom. The maximum atomic E-state index is 12.2. The van der Waals surface area contributed by atoms with Crippen LogP contribution in [-0.4, -0.2) is 25.7 Å². The molecule has 0 spiro atoms. The molecule has 2 aromatic rings. The minimum absolute atomic E-state index is 0.0223. The average Bonchev–Trinajstić information content (AvgIpc) is 3.09. The van der Waals surface area contributed by atoms with Gasteiger partial charge < -0.3 is 11.1 Å². The van der Waals surface area contributed by atoms with E-state index in [1.807, 2.05) is 17.0 Å². The Bertz CT molecular complexity index is 647. The summed E-state index contributed by atoms with van der Waals surface area (Å²) in [5.41, 5.74) is 6.47. The van der Waals surface area contributed by atoms with Gasteiger partial charge in [0.15, 0.2) is 5.13 Å². The summed E-state index contributed by atoms with van der Waals surface area (Å²) in [6.45, 7) is 2.78. The highest BCUT2D eigenvalue weighted by molar-refractivity contribution is 7.13. The number of carbonyl (C=O) groups is 1. The molecule has 0 unspecified atom stereocenters. The molecule has 2 heterocycles. The van der Waals surface area contributed by atoms with E-state index in [0.717, 1.165) is 30.9 Å². The van der Waals surface area contributed by atoms with Crippen molar-refractivity contribution >= 4 is 22.4 Å². The van der Waals surface area contributed by atoms with Crippen molar-refractivity contribution in [3.63, 3.8) is 0 Å². The predicted molar refractivity (Wildman–Crippen MR) is 84.2 cm³/mol. The first-order valence-electron chi connectivity index (χ1n) is 7.54. The number of hydrogen-bond acceptors (Lipinski definition) is 6. The molecule has 8 heteroatoms. The SMILES string of the molecule is CCn1ncnc1[C@@H](NC(=O)CCc1csc(N)n1)C1CC1. The Kier molecular flexibility index (Phi) is 4.37. The van der Waals surface area contributed by atoms with Gasteiger partial charge in [0.1, 0.15) is 12.2 Å². The van der Waals surface area contributed by atoms with Crippen molar-refractivity contribution in [3.8, 4) is 0 Å². The van der Waals surface area contributed by atoms with Gasteiger partial charge in [-0.1, -0.05) is 0 Å². The number of nitrogens with two attached hydrogens (primary N) is 1. The zero-order valence-electron chi connectivity index (χ0n) is 12.5. The minimum atomic E-state index is -0.0320. The van der Waals surface area contributed by atoms with Gasteiger partial charge in [0.25, 0.3) is 0 Å². The second kappa shape index (κ2) is 6.43. The maximum absolute atomic E-state index is 12.2. The van der Waals surface area contributed by atoms with E-state index in [4.69, 9.17) is 5.73 Å². The molecule has 0 saturated heterocycles. The number of thiazole rings is 1. The topological polar surface area (TPSA) is 98.7 Å². The largest absolute Gasteiger partial charge is 0.375 e. The van der Waals surface area contributed by atoms with E-state index in [1.165, 1.54) is 11.3 Å². The molecule has 1 saturated carbocycles. The van der Waals surface area contributed by atoms with Crippen LogP contribution in [0.2, 0.25) is 0 Å². The van der Waals surface area contributed by atoms with Gasteiger partial charge in [-0.3, -0.25) is 4.79 Å². The van der Waals surface area contributed by atoms with Crippen molar-refractivity contribution in [2.45, 2.75) is 45.2 Å². The van der Waals surface area contributed by atoms with Crippen molar-refractivity contribution in [1.29, 1.82) is 0 Å². The number of anilines is 1. The molecule has 2 aromatic heterocycles. The number of carbonyl (C=O) groups excluding carboxylic acids is 1. The Morgan fingerprint density at radius 3 is 3.05 bits per heavy atom. The fraction of sp³-hybridized carbons (Fsp3) is 0.571. The first kappa shape index (κ1) is 15.0. The average molecular weight is 320 g/mol. The van der Waals surface area contributed by atoms with Crippen LogP contribution in [0.5, 0.6) is 0 Å². The first-order chi connectivity index (χ1) is 10.7. The maximum Gasteiger partial charge on any atom is 0.220 e. The minimum Gasteiger partial charge on any atom is -0.375 e. The van der Waals surface area contributed by atoms with Gasteiger partial charge in [-0.05, 0) is 32.1 Å². The van der Waals surface area contributed by atoms with Crippen LogP contribution < -0.4 is 11.1 Å². The van der Waals surface area contributed by atoms with Crippen molar-refractivity contribution < 1.29 is 4.79 Å². The van der Waals surface area contributed by atoms with Gasteiger partial charge in [-0.25, -0.2) is 14.6 Å². The number of nitrogens with one attached hydrogen (secondary N) is 1. The monoisotopic (exact) mass is 320 g/mol. The van der Waals surface area contributed by atoms with E-state index >= 15 is 0 Å². The lowest BCUT2D eigenvalue weighted by Crippen LogP contribution is -2.32. The van der Waals surface area contributed by atoms with E-state index in [2.05, 4.69) is 20.4 Å². The molecule has 1 amide bonds. The third-order valence-corrected chi connectivity index (χ3v) is 4.53. The molecule has 1 aliphatic carbocycles. The first-order valence-corrected chi connectivity index (χ1v) is 8.42. The second-order valence-electron chi connectivity index (χ2n) is 5.49. The second-order valence-corrected chi connectivity index (χ2v) is 6.38. The lowest BCUT2D eigenvalue weighted by Gasteiger charge is -2.18. The zero-order valence-corrected chi connectivity index (χ0v) is 13.3. The summed E-state index contributed by atoms with van der Waals surface area (Å²) in [5.74, 6) is 1.36. The molecule has 0 aliphatic heterocycles. The Morgan fingerprint density at radius 2 is 2.41 bits per heavy atom. The number of nitrogen functional groups attached to an aromatic ring is 1. The molecular weight excluding hydrogens is 300 g/mol. The number of aryl methyl sites for hydroxylation is 2. The molecule has 3 rings (SSSR count). The van der Waals surface area contributed by atoms with Crippen LogP contribution in [-0.2, 0) is 17.8 Å². The fourth-order valence-corrected chi connectivity index (χ4v) is 3.10. The summed E-state index contributed by atoms with van der Waals surface area (Å²) in [7, 11) is 0. The highest BCUT2D eigenvalue weighted by Crippen LogP contribution is 2.40. The van der Waals surface area contributed by atoms with Crippen LogP contribution >= 0.6 is 11.3 Å². The van der Waals surface area contributed by atoms with Crippen molar-refractivity contribution in [1.82, 2.24) is 25.1 Å². The number of amides is 1. The van der Waals surface area contributed by atoms with Gasteiger partial charge in [0.05, 0.1) is 11.7 Å². The standard InChI is InChI=1S/C14H20N6OS/c1-2-20-13(16-8-17-20)12(9-3-4-9)19-11(21)6-5-10-7-22-14(15)18-10/h7-9,12H,2-6H2,1H3,(H2,15,18)(H,19,21)/t12-/m0/s1. The molecule has 0 bridgehead atoms. The summed E-state index contributed by atoms with van der Waals surface area (Å²) < 4.78 is 1.85. The van der Waals surface area contributed by atoms with Crippen LogP contribution in [0.4, 0.5) is 5.13 Å². The molecule has 22 heavy (non-hydrogen) atoms. The van der Waals surface area contributed by atoms with E-state index in [0.29, 0.717) is 23.9 Å². The molecule has 0 radical (unpaired) electrons. The molecule has 1 atom stereocenters. The lowest BCUT2D eigenvalue weighted by molar-refractivity contribution is -0.122. The van der Waals surface area contributed by atoms with Gasteiger partial charge in [-0.2, -0.15) is 5.10 Å². The van der Waals surface area contributed by atoms with Gasteiger partial charge >= 0.3 is 0 Å². The lowest BCUT2D eigenvalue weighted by atomic mass is 10.1. The highest BCUT2D eigenvalue weighted by Gasteiger charge is 2.36. The number of nitrogens with zero attached hydrogens (tertiary/aromatic N) is 4. The third-order valence-electron chi connectivity index (χ3n) is 3.81. The van der Waals surface area contributed by atoms with Gasteiger partial charge in [-0.15, -0.1) is 11.3 Å². The van der Waals surface area contributed by atoms with Gasteiger partial charge in [0, 0.05) is 18.3 Å². The molecule has 3 N–H and O–H groups in total. The Hall–Kier alpha value is -1.96. The summed E-state index contributed by atoms with van der Waals surface area (Å²) in [6.07, 6.45) is 4.83. The molecular formula is C14H20N6OS. The van der Waals surface area contributed by atoms with Crippen LogP contribution in [0.3, 0.4) is 0 Å². The van der Waals surface area contributed by atoms with E-state index in [-0.39, 0.29) is 11.9 Å². The number of rotatable bonds is 7. The van der Waals surface area contributed by atoms with E-state index in [9.17, 15) is 4.79 Å². The summed E-state index contributed by atoms with van der Waals surface area (Å²) in [6, 6.07) is -0.0320. The van der Waals surface area contributed by atoms with Crippen LogP contribution in [0, 0.1) is 5.92 Å². The molecule has 118 valence electrons. The van der Waals surface area contributed by atoms with Crippen molar-refractivity contribution in [3.05, 3.63) is 23.2 Å². The quantitative estimate of drug-likeness (QED) is 0.806. The smallest absolute Gasteiger partial charge is 0.220 e. The third kappa shape index (κ3) is 3.44. The van der Waals surface area contributed by atoms with E-state index < -0.39 is 0 Å². The summed E-state index contributed by atoms with van der Waals surface area (Å²) >= 11 is 1.40. The van der Waals surface area contributed by atoms with Gasteiger partial charge in [0.2, 0.25) is 5.91 Å². The summed E-state index contributed by atoms with van der Waals surface area (Å²) in [4.78, 5) is 20.7. The Labute approximate surface area is 133 Å². The molecule has 1 fully saturated rings. The highest BCUT2D eigenvalue weighted by atomic mass is 32.1. The molecule has 7 nitrogen and oxygen atoms in total. The molecule has 1 aliphatic rings. The normalized spacial score (nSPS) is 15.7. The molecule has 0 aromatic carbocycles. The zero-order chi connectivity index (χ0) is 15.5. The van der Waals surface area contributed by atoms with Crippen LogP contribution in [0.1, 0.15) is 43.7 Å². The number of aromatic nitrogens is 4. The Balaban J connectivity index is 1.60. The van der Waals surface area contributed by atoms with Crippen molar-refractivity contribution in [2.75, 3.05) is 5.73 Å². The fourth-order valence-electron chi connectivity index (χ4n) is 2.51.